The molecule has 4 nitrogen and oxygen atoms in total. The molecule has 0 aromatic heterocycles. The Kier molecular flexibility index (Phi) is 4.48. The van der Waals surface area contributed by atoms with Gasteiger partial charge in [-0.2, -0.15) is 5.26 Å². The number of nitrogens with one attached hydrogen (secondary N) is 1. The molecule has 0 radical (unpaired) electrons. The lowest BCUT2D eigenvalue weighted by molar-refractivity contribution is 0.476. The second kappa shape index (κ2) is 5.34. The molecule has 0 atom stereocenters. The van der Waals surface area contributed by atoms with Crippen molar-refractivity contribution >= 4 is 26.0 Å². The van der Waals surface area contributed by atoms with Crippen LogP contribution in [-0.2, 0) is 10.0 Å². The van der Waals surface area contributed by atoms with E-state index in [9.17, 15) is 12.8 Å². The van der Waals surface area contributed by atoms with Gasteiger partial charge in [0, 0.05) is 11.0 Å². The third kappa shape index (κ3) is 3.77. The molecule has 0 saturated heterocycles. The third-order valence-corrected chi connectivity index (χ3v) is 4.12. The number of nitrogens with zero attached hydrogens (tertiary/aromatic N) is 1. The average Bonchev–Trinajstić information content (AvgIpc) is 2.26. The van der Waals surface area contributed by atoms with Crippen LogP contribution in [-0.4, -0.2) is 15.0 Å². The average molecular weight is 335 g/mol. The number of halogens is 2. The lowest BCUT2D eigenvalue weighted by atomic mass is 9.97. The molecule has 0 unspecified atom stereocenters. The van der Waals surface area contributed by atoms with Crippen molar-refractivity contribution in [3.8, 4) is 6.07 Å². The number of benzene rings is 1. The van der Waals surface area contributed by atoms with Crippen molar-refractivity contribution in [1.82, 2.24) is 4.72 Å². The van der Waals surface area contributed by atoms with Gasteiger partial charge in [-0.1, -0.05) is 15.9 Å². The zero-order chi connectivity index (χ0) is 14.0. The van der Waals surface area contributed by atoms with Gasteiger partial charge >= 0.3 is 0 Å². The van der Waals surface area contributed by atoms with Crippen molar-refractivity contribution in [3.63, 3.8) is 0 Å². The van der Waals surface area contributed by atoms with Crippen LogP contribution in [0.25, 0.3) is 0 Å². The summed E-state index contributed by atoms with van der Waals surface area (Å²) in [5, 5.41) is 8.79. The van der Waals surface area contributed by atoms with Gasteiger partial charge in [0.05, 0.1) is 11.5 Å². The Morgan fingerprint density at radius 1 is 1.50 bits per heavy atom. The Morgan fingerprint density at radius 2 is 2.11 bits per heavy atom. The van der Waals surface area contributed by atoms with E-state index in [4.69, 9.17) is 5.26 Å². The maximum Gasteiger partial charge on any atom is 0.243 e. The van der Waals surface area contributed by atoms with E-state index in [-0.39, 0.29) is 6.54 Å². The minimum Gasteiger partial charge on any atom is -0.209 e. The van der Waals surface area contributed by atoms with Crippen molar-refractivity contribution in [2.75, 3.05) is 6.54 Å². The molecule has 0 heterocycles. The van der Waals surface area contributed by atoms with Crippen LogP contribution in [0.15, 0.2) is 27.6 Å². The molecular weight excluding hydrogens is 323 g/mol. The highest BCUT2D eigenvalue weighted by Crippen LogP contribution is 2.20. The monoisotopic (exact) mass is 334 g/mol. The lowest BCUT2D eigenvalue weighted by Crippen LogP contribution is -2.33. The molecular formula is C11H12BrFN2O2S. The topological polar surface area (TPSA) is 70.0 Å². The molecule has 0 saturated carbocycles. The Labute approximate surface area is 114 Å². The number of nitriles is 1. The van der Waals surface area contributed by atoms with Crippen LogP contribution >= 0.6 is 15.9 Å². The van der Waals surface area contributed by atoms with E-state index in [1.165, 1.54) is 12.1 Å². The molecule has 0 aliphatic rings. The highest BCUT2D eigenvalue weighted by Gasteiger charge is 2.24. The van der Waals surface area contributed by atoms with Crippen molar-refractivity contribution in [3.05, 3.63) is 28.5 Å². The molecule has 98 valence electrons. The number of hydrogen-bond acceptors (Lipinski definition) is 3. The van der Waals surface area contributed by atoms with E-state index in [1.807, 2.05) is 6.07 Å². The van der Waals surface area contributed by atoms with Gasteiger partial charge in [0.2, 0.25) is 10.0 Å². The van der Waals surface area contributed by atoms with Crippen LogP contribution in [0, 0.1) is 22.6 Å². The molecule has 7 heteroatoms. The minimum atomic E-state index is -3.95. The molecule has 1 N–H and O–H groups in total. The third-order valence-electron chi connectivity index (χ3n) is 2.19. The van der Waals surface area contributed by atoms with Gasteiger partial charge in [-0.3, -0.25) is 0 Å². The van der Waals surface area contributed by atoms with Crippen molar-refractivity contribution in [2.45, 2.75) is 18.7 Å². The molecule has 0 bridgehead atoms. The Hall–Kier alpha value is -0.970. The summed E-state index contributed by atoms with van der Waals surface area (Å²) in [6.45, 7) is 3.10. The summed E-state index contributed by atoms with van der Waals surface area (Å²) in [5.74, 6) is -0.841. The molecule has 1 aromatic rings. The quantitative estimate of drug-likeness (QED) is 0.919. The fourth-order valence-electron chi connectivity index (χ4n) is 1.09. The van der Waals surface area contributed by atoms with E-state index in [0.717, 1.165) is 6.07 Å². The highest BCUT2D eigenvalue weighted by atomic mass is 79.9. The summed E-state index contributed by atoms with van der Waals surface area (Å²) in [7, 11) is -3.95. The number of sulfonamides is 1. The predicted molar refractivity (Wildman–Crippen MR) is 68.7 cm³/mol. The van der Waals surface area contributed by atoms with Crippen molar-refractivity contribution in [1.29, 1.82) is 5.26 Å². The lowest BCUT2D eigenvalue weighted by Gasteiger charge is -2.16. The fourth-order valence-corrected chi connectivity index (χ4v) is 2.69. The molecule has 0 fully saturated rings. The number of hydrogen-bond donors (Lipinski definition) is 1. The molecule has 0 spiro atoms. The summed E-state index contributed by atoms with van der Waals surface area (Å²) in [6.07, 6.45) is 0. The predicted octanol–water partition coefficient (Wildman–Crippen LogP) is 2.42. The minimum absolute atomic E-state index is 0.0820. The second-order valence-corrected chi connectivity index (χ2v) is 7.05. The maximum absolute atomic E-state index is 13.5. The summed E-state index contributed by atoms with van der Waals surface area (Å²) in [4.78, 5) is -0.431. The van der Waals surface area contributed by atoms with Crippen LogP contribution in [0.3, 0.4) is 0 Å². The first-order valence-electron chi connectivity index (χ1n) is 5.04. The van der Waals surface area contributed by atoms with Gasteiger partial charge in [0.1, 0.15) is 10.7 Å². The van der Waals surface area contributed by atoms with E-state index >= 15 is 0 Å². The molecule has 1 aromatic carbocycles. The van der Waals surface area contributed by atoms with E-state index < -0.39 is 26.2 Å². The van der Waals surface area contributed by atoms with Gasteiger partial charge in [0.25, 0.3) is 0 Å². The van der Waals surface area contributed by atoms with Gasteiger partial charge in [-0.15, -0.1) is 0 Å². The SMILES string of the molecule is CC(C)(C#N)CNS(=O)(=O)c1ccc(Br)cc1F. The summed E-state index contributed by atoms with van der Waals surface area (Å²) in [5.41, 5.74) is -0.848. The molecule has 0 amide bonds. The van der Waals surface area contributed by atoms with Crippen molar-refractivity contribution in [2.24, 2.45) is 5.41 Å². The number of rotatable bonds is 4. The van der Waals surface area contributed by atoms with E-state index in [2.05, 4.69) is 20.7 Å². The standard InChI is InChI=1S/C11H12BrFN2O2S/c1-11(2,6-14)7-15-18(16,17)10-4-3-8(12)5-9(10)13/h3-5,15H,7H2,1-2H3. The van der Waals surface area contributed by atoms with E-state index in [0.29, 0.717) is 4.47 Å². The van der Waals surface area contributed by atoms with Crippen LogP contribution in [0.1, 0.15) is 13.8 Å². The fraction of sp³-hybridized carbons (Fsp3) is 0.364. The van der Waals surface area contributed by atoms with Gasteiger partial charge in [0.15, 0.2) is 0 Å². The molecule has 1 rings (SSSR count). The molecule has 18 heavy (non-hydrogen) atoms. The largest absolute Gasteiger partial charge is 0.243 e. The van der Waals surface area contributed by atoms with Crippen LogP contribution < -0.4 is 4.72 Å². The first kappa shape index (κ1) is 15.1. The highest BCUT2D eigenvalue weighted by molar-refractivity contribution is 9.10. The Bertz CT molecular complexity index is 594. The van der Waals surface area contributed by atoms with Crippen molar-refractivity contribution < 1.29 is 12.8 Å². The first-order chi connectivity index (χ1) is 8.18. The van der Waals surface area contributed by atoms with Gasteiger partial charge in [-0.05, 0) is 32.0 Å². The smallest absolute Gasteiger partial charge is 0.209 e. The Morgan fingerprint density at radius 3 is 2.61 bits per heavy atom. The molecule has 0 aliphatic carbocycles. The first-order valence-corrected chi connectivity index (χ1v) is 7.31. The molecule has 0 aliphatic heterocycles. The summed E-state index contributed by atoms with van der Waals surface area (Å²) in [6, 6.07) is 5.64. The zero-order valence-electron chi connectivity index (χ0n) is 9.87. The van der Waals surface area contributed by atoms with Gasteiger partial charge in [-0.25, -0.2) is 17.5 Å². The van der Waals surface area contributed by atoms with Crippen LogP contribution in [0.4, 0.5) is 4.39 Å². The van der Waals surface area contributed by atoms with Gasteiger partial charge < -0.3 is 0 Å². The van der Waals surface area contributed by atoms with Crippen LogP contribution in [0.2, 0.25) is 0 Å². The van der Waals surface area contributed by atoms with Crippen LogP contribution in [0.5, 0.6) is 0 Å². The van der Waals surface area contributed by atoms with E-state index in [1.54, 1.807) is 13.8 Å². The normalized spacial score (nSPS) is 12.2. The Balaban J connectivity index is 2.98. The summed E-state index contributed by atoms with van der Waals surface area (Å²) < 4.78 is 39.9. The maximum atomic E-state index is 13.5. The zero-order valence-corrected chi connectivity index (χ0v) is 12.3. The summed E-state index contributed by atoms with van der Waals surface area (Å²) >= 11 is 3.05. The second-order valence-electron chi connectivity index (χ2n) is 4.39.